The van der Waals surface area contributed by atoms with Crippen LogP contribution in [0.2, 0.25) is 0 Å². The summed E-state index contributed by atoms with van der Waals surface area (Å²) < 4.78 is 0. The van der Waals surface area contributed by atoms with Gasteiger partial charge in [0.05, 0.1) is 6.54 Å². The summed E-state index contributed by atoms with van der Waals surface area (Å²) in [6.45, 7) is 7.58. The van der Waals surface area contributed by atoms with Crippen LogP contribution in [0.4, 0.5) is 5.95 Å². The topological polar surface area (TPSA) is 85.8 Å². The number of carbonyl (C=O) groups excluding carboxylic acids is 1. The fraction of sp³-hybridized carbons (Fsp3) is 0.714. The van der Waals surface area contributed by atoms with Crippen LogP contribution in [0.3, 0.4) is 0 Å². The Morgan fingerprint density at radius 3 is 2.47 bits per heavy atom. The van der Waals surface area contributed by atoms with E-state index in [0.29, 0.717) is 25.4 Å². The Bertz CT molecular complexity index is 644. The van der Waals surface area contributed by atoms with Crippen molar-refractivity contribution in [2.24, 2.45) is 10.9 Å². The predicted molar refractivity (Wildman–Crippen MR) is 131 cm³/mol. The highest BCUT2D eigenvalue weighted by atomic mass is 127. The molecule has 9 heteroatoms. The molecular weight excluding hydrogens is 493 g/mol. The number of aromatic nitrogens is 2. The maximum atomic E-state index is 12.2. The van der Waals surface area contributed by atoms with Crippen molar-refractivity contribution < 1.29 is 4.79 Å². The molecule has 2 fully saturated rings. The summed E-state index contributed by atoms with van der Waals surface area (Å²) in [5.41, 5.74) is 0. The zero-order valence-electron chi connectivity index (χ0n) is 18.1. The van der Waals surface area contributed by atoms with E-state index in [-0.39, 0.29) is 29.9 Å². The highest BCUT2D eigenvalue weighted by Gasteiger charge is 2.21. The first kappa shape index (κ1) is 24.6. The molecule has 1 aromatic heterocycles. The van der Waals surface area contributed by atoms with E-state index in [9.17, 15) is 4.79 Å². The standard InChI is InChI=1S/C21H35N7O.HI/c1-2-22-20(26-12-11-23-19(29)17-18-7-4-3-5-8-18)27-13-15-28(16-14-27)21-24-9-6-10-25-21;/h6,9-10,18H,2-5,7-8,11-17H2,1H3,(H,22,26)(H,23,29);1H. The minimum Gasteiger partial charge on any atom is -0.357 e. The molecule has 2 heterocycles. The maximum Gasteiger partial charge on any atom is 0.225 e. The summed E-state index contributed by atoms with van der Waals surface area (Å²) in [5, 5.41) is 6.42. The largest absolute Gasteiger partial charge is 0.357 e. The fourth-order valence-corrected chi connectivity index (χ4v) is 4.08. The van der Waals surface area contributed by atoms with E-state index < -0.39 is 0 Å². The lowest BCUT2D eigenvalue weighted by atomic mass is 9.87. The quantitative estimate of drug-likeness (QED) is 0.244. The monoisotopic (exact) mass is 529 g/mol. The number of hydrogen-bond acceptors (Lipinski definition) is 5. The van der Waals surface area contributed by atoms with Crippen molar-refractivity contribution in [1.29, 1.82) is 0 Å². The van der Waals surface area contributed by atoms with E-state index in [4.69, 9.17) is 4.99 Å². The van der Waals surface area contributed by atoms with E-state index >= 15 is 0 Å². The van der Waals surface area contributed by atoms with Crippen LogP contribution in [0.25, 0.3) is 0 Å². The Balaban J connectivity index is 0.00000320. The first-order chi connectivity index (χ1) is 14.3. The SMILES string of the molecule is CCNC(=NCCNC(=O)CC1CCCCC1)N1CCN(c2ncccn2)CC1.I. The van der Waals surface area contributed by atoms with Crippen LogP contribution < -0.4 is 15.5 Å². The number of piperazine rings is 1. The molecule has 1 amide bonds. The molecule has 1 aromatic rings. The van der Waals surface area contributed by atoms with Crippen molar-refractivity contribution in [3.63, 3.8) is 0 Å². The highest BCUT2D eigenvalue weighted by Crippen LogP contribution is 2.25. The van der Waals surface area contributed by atoms with Crippen LogP contribution in [0.15, 0.2) is 23.5 Å². The van der Waals surface area contributed by atoms with Gasteiger partial charge in [0.1, 0.15) is 0 Å². The Hall–Kier alpha value is -1.65. The molecular formula is C21H36IN7O. The first-order valence-corrected chi connectivity index (χ1v) is 11.1. The second-order valence-electron chi connectivity index (χ2n) is 7.82. The third-order valence-electron chi connectivity index (χ3n) is 5.64. The average molecular weight is 529 g/mol. The Kier molecular flexibility index (Phi) is 11.2. The van der Waals surface area contributed by atoms with Gasteiger partial charge in [0.25, 0.3) is 0 Å². The summed E-state index contributed by atoms with van der Waals surface area (Å²) in [6.07, 6.45) is 10.5. The molecule has 0 spiro atoms. The number of carbonyl (C=O) groups is 1. The van der Waals surface area contributed by atoms with Gasteiger partial charge in [0.2, 0.25) is 11.9 Å². The molecule has 0 unspecified atom stereocenters. The normalized spacial score (nSPS) is 18.0. The van der Waals surface area contributed by atoms with Crippen molar-refractivity contribution >= 4 is 41.8 Å². The lowest BCUT2D eigenvalue weighted by molar-refractivity contribution is -0.122. The third kappa shape index (κ3) is 7.88. The van der Waals surface area contributed by atoms with Gasteiger partial charge >= 0.3 is 0 Å². The molecule has 168 valence electrons. The molecule has 3 rings (SSSR count). The molecule has 1 aliphatic carbocycles. The number of halogens is 1. The number of hydrogen-bond donors (Lipinski definition) is 2. The smallest absolute Gasteiger partial charge is 0.225 e. The summed E-state index contributed by atoms with van der Waals surface area (Å²) >= 11 is 0. The number of nitrogens with one attached hydrogen (secondary N) is 2. The van der Waals surface area contributed by atoms with Gasteiger partial charge in [-0.3, -0.25) is 9.79 Å². The predicted octanol–water partition coefficient (Wildman–Crippen LogP) is 2.27. The molecule has 8 nitrogen and oxygen atoms in total. The van der Waals surface area contributed by atoms with Gasteiger partial charge < -0.3 is 20.4 Å². The lowest BCUT2D eigenvalue weighted by Crippen LogP contribution is -2.53. The maximum absolute atomic E-state index is 12.2. The summed E-state index contributed by atoms with van der Waals surface area (Å²) in [7, 11) is 0. The van der Waals surface area contributed by atoms with Crippen molar-refractivity contribution in [2.45, 2.75) is 45.4 Å². The number of nitrogens with zero attached hydrogens (tertiary/aromatic N) is 5. The third-order valence-corrected chi connectivity index (χ3v) is 5.64. The lowest BCUT2D eigenvalue weighted by Gasteiger charge is -2.36. The van der Waals surface area contributed by atoms with E-state index in [1.54, 1.807) is 12.4 Å². The number of guanidine groups is 1. The molecule has 1 aliphatic heterocycles. The number of amides is 1. The number of aliphatic imine (C=N–C) groups is 1. The van der Waals surface area contributed by atoms with Crippen molar-refractivity contribution in [3.05, 3.63) is 18.5 Å². The first-order valence-electron chi connectivity index (χ1n) is 11.1. The number of rotatable bonds is 7. The summed E-state index contributed by atoms with van der Waals surface area (Å²) in [6, 6.07) is 1.84. The van der Waals surface area contributed by atoms with Crippen LogP contribution in [0.5, 0.6) is 0 Å². The van der Waals surface area contributed by atoms with Gasteiger partial charge in [-0.2, -0.15) is 0 Å². The summed E-state index contributed by atoms with van der Waals surface area (Å²) in [4.78, 5) is 30.0. The molecule has 0 bridgehead atoms. The van der Waals surface area contributed by atoms with Crippen LogP contribution in [0, 0.1) is 5.92 Å². The van der Waals surface area contributed by atoms with Gasteiger partial charge in [-0.25, -0.2) is 9.97 Å². The van der Waals surface area contributed by atoms with Crippen LogP contribution in [-0.4, -0.2) is 72.5 Å². The zero-order chi connectivity index (χ0) is 20.3. The molecule has 1 saturated carbocycles. The molecule has 30 heavy (non-hydrogen) atoms. The molecule has 0 aromatic carbocycles. The molecule has 0 atom stereocenters. The van der Waals surface area contributed by atoms with Gasteiger partial charge in [-0.1, -0.05) is 19.3 Å². The number of anilines is 1. The van der Waals surface area contributed by atoms with Crippen molar-refractivity contribution in [3.8, 4) is 0 Å². The van der Waals surface area contributed by atoms with Gasteiger partial charge in [0.15, 0.2) is 5.96 Å². The summed E-state index contributed by atoms with van der Waals surface area (Å²) in [5.74, 6) is 2.46. The van der Waals surface area contributed by atoms with E-state index in [1.807, 2.05) is 6.07 Å². The van der Waals surface area contributed by atoms with Crippen molar-refractivity contribution in [1.82, 2.24) is 25.5 Å². The average Bonchev–Trinajstić information content (AvgIpc) is 2.77. The van der Waals surface area contributed by atoms with Gasteiger partial charge in [-0.15, -0.1) is 24.0 Å². The van der Waals surface area contributed by atoms with Gasteiger partial charge in [0, 0.05) is 58.1 Å². The molecule has 2 aliphatic rings. The van der Waals surface area contributed by atoms with Crippen molar-refractivity contribution in [2.75, 3.05) is 50.7 Å². The molecule has 2 N–H and O–H groups in total. The second-order valence-corrected chi connectivity index (χ2v) is 7.82. The molecule has 0 radical (unpaired) electrons. The van der Waals surface area contributed by atoms with E-state index in [2.05, 4.69) is 37.3 Å². The Morgan fingerprint density at radius 1 is 1.10 bits per heavy atom. The van der Waals surface area contributed by atoms with E-state index in [0.717, 1.165) is 44.6 Å². The van der Waals surface area contributed by atoms with Crippen LogP contribution in [0.1, 0.15) is 45.4 Å². The fourth-order valence-electron chi connectivity index (χ4n) is 4.08. The van der Waals surface area contributed by atoms with E-state index in [1.165, 1.54) is 32.1 Å². The zero-order valence-corrected chi connectivity index (χ0v) is 20.4. The minimum atomic E-state index is 0. The van der Waals surface area contributed by atoms with Gasteiger partial charge in [-0.05, 0) is 31.7 Å². The molecule has 1 saturated heterocycles. The second kappa shape index (κ2) is 13.6. The Morgan fingerprint density at radius 2 is 1.80 bits per heavy atom. The van der Waals surface area contributed by atoms with Crippen LogP contribution >= 0.6 is 24.0 Å². The minimum absolute atomic E-state index is 0. The van der Waals surface area contributed by atoms with Crippen LogP contribution in [-0.2, 0) is 4.79 Å². The highest BCUT2D eigenvalue weighted by molar-refractivity contribution is 14.0. The Labute approximate surface area is 197 Å².